The lowest BCUT2D eigenvalue weighted by atomic mass is 9.87. The highest BCUT2D eigenvalue weighted by Gasteiger charge is 2.18. The average molecular weight is 239 g/mol. The van der Waals surface area contributed by atoms with Crippen LogP contribution in [0.3, 0.4) is 0 Å². The third kappa shape index (κ3) is 3.22. The van der Waals surface area contributed by atoms with E-state index >= 15 is 0 Å². The maximum Gasteiger partial charge on any atom is 0.173 e. The fourth-order valence-electron chi connectivity index (χ4n) is 2.43. The summed E-state index contributed by atoms with van der Waals surface area (Å²) in [7, 11) is 1.73. The molecule has 1 saturated carbocycles. The van der Waals surface area contributed by atoms with Gasteiger partial charge >= 0.3 is 0 Å². The second-order valence-corrected chi connectivity index (χ2v) is 5.91. The van der Waals surface area contributed by atoms with Crippen molar-refractivity contribution in [3.8, 4) is 5.06 Å². The van der Waals surface area contributed by atoms with Gasteiger partial charge in [-0.1, -0.05) is 19.8 Å². The molecule has 0 aliphatic heterocycles. The van der Waals surface area contributed by atoms with Gasteiger partial charge in [0.1, 0.15) is 0 Å². The molecule has 2 unspecified atom stereocenters. The molecule has 16 heavy (non-hydrogen) atoms. The minimum absolute atomic E-state index is 0.719. The summed E-state index contributed by atoms with van der Waals surface area (Å²) < 4.78 is 5.19. The van der Waals surface area contributed by atoms with Crippen LogP contribution in [0, 0.1) is 5.92 Å². The second-order valence-electron chi connectivity index (χ2n) is 4.77. The van der Waals surface area contributed by atoms with E-state index in [-0.39, 0.29) is 0 Å². The minimum Gasteiger partial charge on any atom is -0.487 e. The van der Waals surface area contributed by atoms with E-state index in [0.29, 0.717) is 0 Å². The molecule has 0 spiro atoms. The topological polar surface area (TPSA) is 21.3 Å². The highest BCUT2D eigenvalue weighted by atomic mass is 32.1. The van der Waals surface area contributed by atoms with Gasteiger partial charge in [-0.3, -0.25) is 0 Å². The third-order valence-electron chi connectivity index (χ3n) is 3.34. The van der Waals surface area contributed by atoms with Crippen LogP contribution in [-0.4, -0.2) is 13.2 Å². The fourth-order valence-corrected chi connectivity index (χ4v) is 3.20. The zero-order chi connectivity index (χ0) is 11.4. The van der Waals surface area contributed by atoms with Crippen LogP contribution in [-0.2, 0) is 6.54 Å². The molecule has 0 radical (unpaired) electrons. The van der Waals surface area contributed by atoms with Crippen molar-refractivity contribution in [3.63, 3.8) is 0 Å². The first-order valence-corrected chi connectivity index (χ1v) is 6.95. The highest BCUT2D eigenvalue weighted by molar-refractivity contribution is 7.13. The van der Waals surface area contributed by atoms with Gasteiger partial charge in [0.05, 0.1) is 7.11 Å². The monoisotopic (exact) mass is 239 g/mol. The van der Waals surface area contributed by atoms with Crippen LogP contribution in [0.1, 0.15) is 37.5 Å². The number of ether oxygens (including phenoxy) is 1. The van der Waals surface area contributed by atoms with E-state index in [4.69, 9.17) is 4.74 Å². The van der Waals surface area contributed by atoms with Crippen LogP contribution in [0.25, 0.3) is 0 Å². The lowest BCUT2D eigenvalue weighted by molar-refractivity contribution is 0.301. The Morgan fingerprint density at radius 1 is 1.44 bits per heavy atom. The molecule has 0 amide bonds. The Morgan fingerprint density at radius 2 is 2.31 bits per heavy atom. The summed E-state index contributed by atoms with van der Waals surface area (Å²) in [6, 6.07) is 4.92. The van der Waals surface area contributed by atoms with E-state index in [9.17, 15) is 0 Å². The van der Waals surface area contributed by atoms with E-state index in [1.54, 1.807) is 18.4 Å². The van der Waals surface area contributed by atoms with E-state index in [2.05, 4.69) is 18.3 Å². The molecule has 1 aromatic heterocycles. The SMILES string of the molecule is COc1ccc(CNC2CCCC(C)C2)s1. The number of rotatable bonds is 4. The number of thiophene rings is 1. The summed E-state index contributed by atoms with van der Waals surface area (Å²) >= 11 is 1.74. The van der Waals surface area contributed by atoms with Crippen LogP contribution < -0.4 is 10.1 Å². The quantitative estimate of drug-likeness (QED) is 0.869. The Bertz CT molecular complexity index is 323. The largest absolute Gasteiger partial charge is 0.487 e. The molecular weight excluding hydrogens is 218 g/mol. The minimum atomic E-state index is 0.719. The van der Waals surface area contributed by atoms with Crippen molar-refractivity contribution >= 4 is 11.3 Å². The van der Waals surface area contributed by atoms with E-state index < -0.39 is 0 Å². The molecule has 1 N–H and O–H groups in total. The standard InChI is InChI=1S/C13H21NOS/c1-10-4-3-5-11(8-10)14-9-12-6-7-13(15-2)16-12/h6-7,10-11,14H,3-5,8-9H2,1-2H3. The van der Waals surface area contributed by atoms with Gasteiger partial charge in [-0.2, -0.15) is 0 Å². The van der Waals surface area contributed by atoms with Crippen molar-refractivity contribution < 1.29 is 4.74 Å². The molecule has 0 aromatic carbocycles. The van der Waals surface area contributed by atoms with Gasteiger partial charge in [0.15, 0.2) is 5.06 Å². The van der Waals surface area contributed by atoms with Crippen molar-refractivity contribution in [2.45, 2.75) is 45.2 Å². The molecule has 0 saturated heterocycles. The Morgan fingerprint density at radius 3 is 3.00 bits per heavy atom. The van der Waals surface area contributed by atoms with Crippen LogP contribution in [0.4, 0.5) is 0 Å². The van der Waals surface area contributed by atoms with Gasteiger partial charge in [0.25, 0.3) is 0 Å². The van der Waals surface area contributed by atoms with Gasteiger partial charge in [-0.15, -0.1) is 11.3 Å². The van der Waals surface area contributed by atoms with Crippen LogP contribution in [0.2, 0.25) is 0 Å². The molecule has 1 fully saturated rings. The number of nitrogens with one attached hydrogen (secondary N) is 1. The van der Waals surface area contributed by atoms with E-state index in [1.807, 2.05) is 6.07 Å². The molecule has 2 nitrogen and oxygen atoms in total. The predicted molar refractivity (Wildman–Crippen MR) is 69.1 cm³/mol. The number of methoxy groups -OCH3 is 1. The average Bonchev–Trinajstić information content (AvgIpc) is 2.74. The molecule has 1 aliphatic rings. The normalized spacial score (nSPS) is 25.6. The molecule has 0 bridgehead atoms. The predicted octanol–water partition coefficient (Wildman–Crippen LogP) is 3.43. The van der Waals surface area contributed by atoms with Gasteiger partial charge in [-0.05, 0) is 30.9 Å². The third-order valence-corrected chi connectivity index (χ3v) is 4.39. The maximum atomic E-state index is 5.19. The van der Waals surface area contributed by atoms with Gasteiger partial charge in [0, 0.05) is 17.5 Å². The van der Waals surface area contributed by atoms with Crippen LogP contribution >= 0.6 is 11.3 Å². The Hall–Kier alpha value is -0.540. The van der Waals surface area contributed by atoms with Gasteiger partial charge in [-0.25, -0.2) is 0 Å². The van der Waals surface area contributed by atoms with Crippen molar-refractivity contribution in [1.29, 1.82) is 0 Å². The number of hydrogen-bond acceptors (Lipinski definition) is 3. The van der Waals surface area contributed by atoms with Crippen molar-refractivity contribution in [2.75, 3.05) is 7.11 Å². The second kappa shape index (κ2) is 5.69. The lowest BCUT2D eigenvalue weighted by Gasteiger charge is -2.27. The molecule has 90 valence electrons. The Kier molecular flexibility index (Phi) is 4.24. The smallest absolute Gasteiger partial charge is 0.173 e. The molecule has 3 heteroatoms. The first-order chi connectivity index (χ1) is 7.78. The van der Waals surface area contributed by atoms with Gasteiger partial charge < -0.3 is 10.1 Å². The summed E-state index contributed by atoms with van der Waals surface area (Å²) in [5, 5.41) is 4.67. The molecule has 1 aliphatic carbocycles. The molecule has 2 atom stereocenters. The molecule has 1 heterocycles. The summed E-state index contributed by atoms with van der Waals surface area (Å²) in [5.74, 6) is 0.893. The zero-order valence-electron chi connectivity index (χ0n) is 10.2. The van der Waals surface area contributed by atoms with E-state index in [1.165, 1.54) is 30.6 Å². The highest BCUT2D eigenvalue weighted by Crippen LogP contribution is 2.26. The molecule has 2 rings (SSSR count). The number of hydrogen-bond donors (Lipinski definition) is 1. The first kappa shape index (κ1) is 11.9. The first-order valence-electron chi connectivity index (χ1n) is 6.14. The lowest BCUT2D eigenvalue weighted by Crippen LogP contribution is -2.32. The van der Waals surface area contributed by atoms with Crippen LogP contribution in [0.5, 0.6) is 5.06 Å². The van der Waals surface area contributed by atoms with Crippen molar-refractivity contribution in [1.82, 2.24) is 5.32 Å². The zero-order valence-corrected chi connectivity index (χ0v) is 11.0. The summed E-state index contributed by atoms with van der Waals surface area (Å²) in [4.78, 5) is 1.37. The summed E-state index contributed by atoms with van der Waals surface area (Å²) in [5.41, 5.74) is 0. The fraction of sp³-hybridized carbons (Fsp3) is 0.692. The van der Waals surface area contributed by atoms with E-state index in [0.717, 1.165) is 23.6 Å². The van der Waals surface area contributed by atoms with Gasteiger partial charge in [0.2, 0.25) is 0 Å². The Labute approximate surface area is 102 Å². The van der Waals surface area contributed by atoms with Crippen molar-refractivity contribution in [2.24, 2.45) is 5.92 Å². The van der Waals surface area contributed by atoms with Crippen LogP contribution in [0.15, 0.2) is 12.1 Å². The Balaban J connectivity index is 1.78. The molecular formula is C13H21NOS. The maximum absolute atomic E-state index is 5.19. The van der Waals surface area contributed by atoms with Crippen molar-refractivity contribution in [3.05, 3.63) is 17.0 Å². The summed E-state index contributed by atoms with van der Waals surface area (Å²) in [6.45, 7) is 3.35. The molecule has 1 aromatic rings. The summed E-state index contributed by atoms with van der Waals surface area (Å²) in [6.07, 6.45) is 5.47.